The highest BCUT2D eigenvalue weighted by Gasteiger charge is 2.09. The highest BCUT2D eigenvalue weighted by molar-refractivity contribution is 4.82. The molecule has 0 aromatic carbocycles. The molecule has 0 unspecified atom stereocenters. The van der Waals surface area contributed by atoms with Crippen LogP contribution in [0.5, 0.6) is 0 Å². The van der Waals surface area contributed by atoms with E-state index < -0.39 is 0 Å². The molecule has 2 aromatic heterocycles. The Bertz CT molecular complexity index is 485. The van der Waals surface area contributed by atoms with E-state index in [2.05, 4.69) is 56.5 Å². The van der Waals surface area contributed by atoms with Crippen molar-refractivity contribution in [2.75, 3.05) is 0 Å². The minimum atomic E-state index is 0.794. The third-order valence-corrected chi connectivity index (χ3v) is 3.29. The lowest BCUT2D eigenvalue weighted by Gasteiger charge is -2.03. The van der Waals surface area contributed by atoms with Crippen molar-refractivity contribution in [2.24, 2.45) is 0 Å². The summed E-state index contributed by atoms with van der Waals surface area (Å²) in [4.78, 5) is 0. The molecule has 2 rings (SSSR count). The average molecular weight is 262 g/mol. The minimum Gasteiger partial charge on any atom is -0.314 e. The number of aromatic nitrogens is 5. The maximum Gasteiger partial charge on any atom is 0.244 e. The van der Waals surface area contributed by atoms with Crippen molar-refractivity contribution in [1.82, 2.24) is 19.3 Å². The Morgan fingerprint density at radius 3 is 2.74 bits per heavy atom. The van der Waals surface area contributed by atoms with Crippen LogP contribution in [0.3, 0.4) is 0 Å². The predicted octanol–water partition coefficient (Wildman–Crippen LogP) is 2.02. The van der Waals surface area contributed by atoms with Crippen LogP contribution < -0.4 is 4.57 Å². The number of nitrogens with zero attached hydrogens (tertiary/aromatic N) is 5. The van der Waals surface area contributed by atoms with Gasteiger partial charge in [0.2, 0.25) is 6.33 Å². The van der Waals surface area contributed by atoms with Gasteiger partial charge in [-0.2, -0.15) is 0 Å². The Balaban J connectivity index is 1.96. The standard InChI is InChI=1S/C14H24N5/c1-3-5-7-17-9-10-18(13-17)11-14-16-15-12-19(14)8-6-4-2/h9-10,12-13H,3-8,11H2,1-2H3/q+1. The van der Waals surface area contributed by atoms with Crippen LogP contribution in [-0.2, 0) is 19.6 Å². The van der Waals surface area contributed by atoms with Gasteiger partial charge in [-0.25, -0.2) is 9.13 Å². The number of hydrogen-bond donors (Lipinski definition) is 0. The van der Waals surface area contributed by atoms with Crippen molar-refractivity contribution >= 4 is 0 Å². The molecule has 0 aliphatic carbocycles. The first-order chi connectivity index (χ1) is 9.33. The maximum atomic E-state index is 4.22. The van der Waals surface area contributed by atoms with Gasteiger partial charge in [-0.15, -0.1) is 10.2 Å². The van der Waals surface area contributed by atoms with Crippen LogP contribution in [0.1, 0.15) is 45.4 Å². The van der Waals surface area contributed by atoms with Crippen LogP contribution in [0.4, 0.5) is 0 Å². The fourth-order valence-corrected chi connectivity index (χ4v) is 2.09. The van der Waals surface area contributed by atoms with Gasteiger partial charge in [0, 0.05) is 6.54 Å². The van der Waals surface area contributed by atoms with Gasteiger partial charge in [0.25, 0.3) is 0 Å². The third-order valence-electron chi connectivity index (χ3n) is 3.29. The molecule has 0 aliphatic rings. The van der Waals surface area contributed by atoms with Gasteiger partial charge in [0.15, 0.2) is 5.82 Å². The van der Waals surface area contributed by atoms with Crippen LogP contribution in [-0.4, -0.2) is 19.3 Å². The minimum absolute atomic E-state index is 0.794. The first kappa shape index (κ1) is 13.8. The highest BCUT2D eigenvalue weighted by atomic mass is 15.3. The Labute approximate surface area is 114 Å². The molecular weight excluding hydrogens is 238 g/mol. The molecule has 0 aliphatic heterocycles. The summed E-state index contributed by atoms with van der Waals surface area (Å²) >= 11 is 0. The topological polar surface area (TPSA) is 39.5 Å². The lowest BCUT2D eigenvalue weighted by molar-refractivity contribution is -0.689. The Hall–Kier alpha value is -1.65. The van der Waals surface area contributed by atoms with Crippen LogP contribution in [0.25, 0.3) is 0 Å². The zero-order valence-corrected chi connectivity index (χ0v) is 12.0. The quantitative estimate of drug-likeness (QED) is 0.683. The summed E-state index contributed by atoms with van der Waals surface area (Å²) < 4.78 is 6.55. The van der Waals surface area contributed by atoms with E-state index in [1.165, 1.54) is 25.7 Å². The second-order valence-corrected chi connectivity index (χ2v) is 4.97. The maximum absolute atomic E-state index is 4.22. The SMILES string of the molecule is CCCCn1cc[n+](Cc2nncn2CCCC)c1. The van der Waals surface area contributed by atoms with Crippen LogP contribution in [0.2, 0.25) is 0 Å². The second kappa shape index (κ2) is 7.07. The first-order valence-electron chi connectivity index (χ1n) is 7.25. The molecule has 0 spiro atoms. The summed E-state index contributed by atoms with van der Waals surface area (Å²) in [5.41, 5.74) is 0. The van der Waals surface area contributed by atoms with Crippen molar-refractivity contribution in [1.29, 1.82) is 0 Å². The summed E-state index contributed by atoms with van der Waals surface area (Å²) in [5.74, 6) is 1.03. The fraction of sp³-hybridized carbons (Fsp3) is 0.643. The molecule has 0 saturated heterocycles. The molecular formula is C14H24N5+. The lowest BCUT2D eigenvalue weighted by Crippen LogP contribution is -2.33. The van der Waals surface area contributed by atoms with E-state index >= 15 is 0 Å². The van der Waals surface area contributed by atoms with Gasteiger partial charge in [0.05, 0.1) is 6.54 Å². The van der Waals surface area contributed by atoms with E-state index in [1.54, 1.807) is 0 Å². The van der Waals surface area contributed by atoms with Crippen molar-refractivity contribution in [2.45, 2.75) is 59.2 Å². The van der Waals surface area contributed by atoms with E-state index in [9.17, 15) is 0 Å². The molecule has 0 N–H and O–H groups in total. The molecule has 5 nitrogen and oxygen atoms in total. The molecule has 2 heterocycles. The van der Waals surface area contributed by atoms with Gasteiger partial charge in [-0.1, -0.05) is 26.7 Å². The Kier molecular flexibility index (Phi) is 5.12. The van der Waals surface area contributed by atoms with Gasteiger partial charge >= 0.3 is 0 Å². The number of rotatable bonds is 8. The highest BCUT2D eigenvalue weighted by Crippen LogP contribution is 2.00. The van der Waals surface area contributed by atoms with Gasteiger partial charge in [0.1, 0.15) is 25.3 Å². The Morgan fingerprint density at radius 2 is 1.95 bits per heavy atom. The molecule has 0 amide bonds. The average Bonchev–Trinajstić information content (AvgIpc) is 3.04. The normalized spacial score (nSPS) is 11.1. The van der Waals surface area contributed by atoms with Crippen molar-refractivity contribution in [3.8, 4) is 0 Å². The Morgan fingerprint density at radius 1 is 1.16 bits per heavy atom. The molecule has 0 bridgehead atoms. The summed E-state index contributed by atoms with van der Waals surface area (Å²) in [6.45, 7) is 7.31. The van der Waals surface area contributed by atoms with Gasteiger partial charge in [-0.05, 0) is 12.8 Å². The van der Waals surface area contributed by atoms with Gasteiger partial charge < -0.3 is 4.57 Å². The summed E-state index contributed by atoms with van der Waals surface area (Å²) in [6, 6.07) is 0. The molecule has 5 heteroatoms. The van der Waals surface area contributed by atoms with E-state index in [1.807, 2.05) is 6.33 Å². The zero-order chi connectivity index (χ0) is 13.5. The summed E-state index contributed by atoms with van der Waals surface area (Å²) in [6.07, 6.45) is 13.0. The molecule has 0 atom stereocenters. The van der Waals surface area contributed by atoms with E-state index in [-0.39, 0.29) is 0 Å². The first-order valence-corrected chi connectivity index (χ1v) is 7.25. The lowest BCUT2D eigenvalue weighted by atomic mass is 10.3. The second-order valence-electron chi connectivity index (χ2n) is 4.97. The molecule has 104 valence electrons. The number of imidazole rings is 1. The largest absolute Gasteiger partial charge is 0.314 e. The fourth-order valence-electron chi connectivity index (χ4n) is 2.09. The molecule has 0 saturated carbocycles. The van der Waals surface area contributed by atoms with Crippen molar-refractivity contribution in [3.05, 3.63) is 30.9 Å². The van der Waals surface area contributed by atoms with Crippen molar-refractivity contribution < 1.29 is 4.57 Å². The van der Waals surface area contributed by atoms with Crippen LogP contribution >= 0.6 is 0 Å². The van der Waals surface area contributed by atoms with Gasteiger partial charge in [-0.3, -0.25) is 0 Å². The molecule has 0 fully saturated rings. The number of hydrogen-bond acceptors (Lipinski definition) is 2. The summed E-state index contributed by atoms with van der Waals surface area (Å²) in [7, 11) is 0. The van der Waals surface area contributed by atoms with E-state index in [0.29, 0.717) is 0 Å². The van der Waals surface area contributed by atoms with E-state index in [4.69, 9.17) is 0 Å². The molecule has 2 aromatic rings. The van der Waals surface area contributed by atoms with Crippen LogP contribution in [0, 0.1) is 0 Å². The molecule has 0 radical (unpaired) electrons. The summed E-state index contributed by atoms with van der Waals surface area (Å²) in [5, 5.41) is 8.24. The van der Waals surface area contributed by atoms with Crippen molar-refractivity contribution in [3.63, 3.8) is 0 Å². The zero-order valence-electron chi connectivity index (χ0n) is 12.0. The monoisotopic (exact) mass is 262 g/mol. The van der Waals surface area contributed by atoms with Crippen LogP contribution in [0.15, 0.2) is 25.0 Å². The smallest absolute Gasteiger partial charge is 0.244 e. The number of unbranched alkanes of at least 4 members (excludes halogenated alkanes) is 2. The predicted molar refractivity (Wildman–Crippen MR) is 73.6 cm³/mol. The number of aryl methyl sites for hydroxylation is 2. The molecule has 19 heavy (non-hydrogen) atoms. The third kappa shape index (κ3) is 3.91. The van der Waals surface area contributed by atoms with E-state index in [0.717, 1.165) is 25.5 Å².